The van der Waals surface area contributed by atoms with Gasteiger partial charge in [0.15, 0.2) is 0 Å². The molecule has 0 radical (unpaired) electrons. The fraction of sp³-hybridized carbons (Fsp3) is 0. The van der Waals surface area contributed by atoms with E-state index in [0.717, 1.165) is 0 Å². The van der Waals surface area contributed by atoms with Gasteiger partial charge < -0.3 is 5.32 Å². The van der Waals surface area contributed by atoms with Crippen LogP contribution in [-0.2, 0) is 0 Å². The highest BCUT2D eigenvalue weighted by Gasteiger charge is 2.13. The van der Waals surface area contributed by atoms with Crippen LogP contribution in [0, 0.1) is 0 Å². The van der Waals surface area contributed by atoms with E-state index in [9.17, 15) is 9.59 Å². The number of benzene rings is 2. The molecule has 1 amide bonds. The first-order valence-electron chi connectivity index (χ1n) is 5.44. The largest absolute Gasteiger partial charge is 0.321 e. The van der Waals surface area contributed by atoms with E-state index >= 15 is 0 Å². The lowest BCUT2D eigenvalue weighted by Crippen LogP contribution is -2.12. The summed E-state index contributed by atoms with van der Waals surface area (Å²) < 4.78 is 0. The molecule has 5 heteroatoms. The van der Waals surface area contributed by atoms with Crippen LogP contribution in [0.3, 0.4) is 0 Å². The minimum atomic E-state index is -0.666. The normalized spacial score (nSPS) is 10.0. The van der Waals surface area contributed by atoms with Gasteiger partial charge in [0, 0.05) is 5.56 Å². The molecule has 0 saturated carbocycles. The molecule has 0 saturated heterocycles. The Morgan fingerprint density at radius 2 is 1.63 bits per heavy atom. The number of anilines is 1. The first-order chi connectivity index (χ1) is 9.09. The molecule has 3 nitrogen and oxygen atoms in total. The minimum Gasteiger partial charge on any atom is -0.321 e. The number of carbonyl (C=O) groups excluding carboxylic acids is 2. The molecule has 0 unspecified atom stereocenters. The van der Waals surface area contributed by atoms with Gasteiger partial charge in [0.2, 0.25) is 0 Å². The lowest BCUT2D eigenvalue weighted by molar-refractivity contribution is 0.102. The maximum absolute atomic E-state index is 12.0. The molecular formula is C14H9Cl2NO2. The Morgan fingerprint density at radius 3 is 2.26 bits per heavy atom. The van der Waals surface area contributed by atoms with Crippen molar-refractivity contribution in [2.45, 2.75) is 0 Å². The predicted octanol–water partition coefficient (Wildman–Crippen LogP) is 3.97. The van der Waals surface area contributed by atoms with Gasteiger partial charge in [-0.3, -0.25) is 9.59 Å². The SMILES string of the molecule is O=C(Nc1cccc(C(=O)Cl)c1Cl)c1ccccc1. The van der Waals surface area contributed by atoms with Gasteiger partial charge in [0.25, 0.3) is 11.1 Å². The summed E-state index contributed by atoms with van der Waals surface area (Å²) >= 11 is 11.4. The van der Waals surface area contributed by atoms with E-state index < -0.39 is 5.24 Å². The summed E-state index contributed by atoms with van der Waals surface area (Å²) in [6, 6.07) is 13.4. The van der Waals surface area contributed by atoms with E-state index in [-0.39, 0.29) is 16.5 Å². The van der Waals surface area contributed by atoms with Crippen molar-refractivity contribution in [3.8, 4) is 0 Å². The van der Waals surface area contributed by atoms with Crippen molar-refractivity contribution < 1.29 is 9.59 Å². The average molecular weight is 294 g/mol. The van der Waals surface area contributed by atoms with Crippen molar-refractivity contribution in [2.75, 3.05) is 5.32 Å². The van der Waals surface area contributed by atoms with Crippen LogP contribution in [0.15, 0.2) is 48.5 Å². The van der Waals surface area contributed by atoms with Gasteiger partial charge in [-0.15, -0.1) is 0 Å². The van der Waals surface area contributed by atoms with E-state index in [1.165, 1.54) is 6.07 Å². The summed E-state index contributed by atoms with van der Waals surface area (Å²) in [7, 11) is 0. The molecule has 0 aliphatic carbocycles. The van der Waals surface area contributed by atoms with Crippen LogP contribution in [0.4, 0.5) is 5.69 Å². The lowest BCUT2D eigenvalue weighted by Gasteiger charge is -2.09. The minimum absolute atomic E-state index is 0.131. The zero-order chi connectivity index (χ0) is 13.8. The number of rotatable bonds is 3. The van der Waals surface area contributed by atoms with Gasteiger partial charge in [-0.2, -0.15) is 0 Å². The Hall–Kier alpha value is -1.84. The van der Waals surface area contributed by atoms with Gasteiger partial charge in [-0.25, -0.2) is 0 Å². The summed E-state index contributed by atoms with van der Waals surface area (Å²) in [5, 5.41) is 2.11. The molecule has 0 heterocycles. The van der Waals surface area contributed by atoms with Gasteiger partial charge in [-0.1, -0.05) is 35.9 Å². The molecule has 0 aliphatic heterocycles. The highest BCUT2D eigenvalue weighted by atomic mass is 35.5. The quantitative estimate of drug-likeness (QED) is 0.871. The zero-order valence-electron chi connectivity index (χ0n) is 9.69. The lowest BCUT2D eigenvalue weighted by atomic mass is 10.2. The molecule has 0 aliphatic rings. The third-order valence-electron chi connectivity index (χ3n) is 2.49. The maximum atomic E-state index is 12.0. The number of amides is 1. The van der Waals surface area contributed by atoms with Crippen molar-refractivity contribution in [3.63, 3.8) is 0 Å². The summed E-state index contributed by atoms with van der Waals surface area (Å²) in [6.07, 6.45) is 0. The summed E-state index contributed by atoms with van der Waals surface area (Å²) in [6.45, 7) is 0. The molecule has 0 aromatic heterocycles. The first kappa shape index (κ1) is 13.6. The third-order valence-corrected chi connectivity index (χ3v) is 3.11. The molecule has 0 bridgehead atoms. The van der Waals surface area contributed by atoms with Crippen LogP contribution < -0.4 is 5.32 Å². The van der Waals surface area contributed by atoms with E-state index in [2.05, 4.69) is 5.32 Å². The standard InChI is InChI=1S/C14H9Cl2NO2/c15-12-10(13(16)18)7-4-8-11(12)17-14(19)9-5-2-1-3-6-9/h1-8H,(H,17,19). The summed E-state index contributed by atoms with van der Waals surface area (Å²) in [5.41, 5.74) is 1.01. The molecule has 19 heavy (non-hydrogen) atoms. The molecule has 0 atom stereocenters. The second-order valence-electron chi connectivity index (χ2n) is 3.76. The van der Waals surface area contributed by atoms with Crippen LogP contribution in [-0.4, -0.2) is 11.1 Å². The highest BCUT2D eigenvalue weighted by molar-refractivity contribution is 6.69. The van der Waals surface area contributed by atoms with E-state index in [0.29, 0.717) is 11.3 Å². The average Bonchev–Trinajstić information content (AvgIpc) is 2.41. The fourth-order valence-electron chi connectivity index (χ4n) is 1.56. The first-order valence-corrected chi connectivity index (χ1v) is 6.20. The Bertz CT molecular complexity index is 627. The topological polar surface area (TPSA) is 46.2 Å². The predicted molar refractivity (Wildman–Crippen MR) is 76.0 cm³/mol. The van der Waals surface area contributed by atoms with Gasteiger partial charge in [-0.05, 0) is 35.9 Å². The number of nitrogens with one attached hydrogen (secondary N) is 1. The number of carbonyl (C=O) groups is 2. The maximum Gasteiger partial charge on any atom is 0.255 e. The monoisotopic (exact) mass is 293 g/mol. The summed E-state index contributed by atoms with van der Waals surface area (Å²) in [5.74, 6) is -0.304. The molecule has 0 fully saturated rings. The molecule has 2 aromatic carbocycles. The van der Waals surface area contributed by atoms with Crippen molar-refractivity contribution in [1.29, 1.82) is 0 Å². The molecular weight excluding hydrogens is 285 g/mol. The molecule has 1 N–H and O–H groups in total. The molecule has 0 spiro atoms. The van der Waals surface area contributed by atoms with Crippen molar-refractivity contribution >= 4 is 40.0 Å². The van der Waals surface area contributed by atoms with Crippen LogP contribution in [0.1, 0.15) is 20.7 Å². The smallest absolute Gasteiger partial charge is 0.255 e. The van der Waals surface area contributed by atoms with Crippen LogP contribution in [0.2, 0.25) is 5.02 Å². The highest BCUT2D eigenvalue weighted by Crippen LogP contribution is 2.27. The van der Waals surface area contributed by atoms with Gasteiger partial charge in [0.05, 0.1) is 16.3 Å². The Morgan fingerprint density at radius 1 is 0.947 bits per heavy atom. The third kappa shape index (κ3) is 3.13. The van der Waals surface area contributed by atoms with Crippen LogP contribution in [0.25, 0.3) is 0 Å². The van der Waals surface area contributed by atoms with E-state index in [1.807, 2.05) is 6.07 Å². The molecule has 96 valence electrons. The van der Waals surface area contributed by atoms with Crippen molar-refractivity contribution in [1.82, 2.24) is 0 Å². The molecule has 2 aromatic rings. The Balaban J connectivity index is 2.27. The zero-order valence-corrected chi connectivity index (χ0v) is 11.2. The second kappa shape index (κ2) is 5.87. The van der Waals surface area contributed by atoms with E-state index in [4.69, 9.17) is 23.2 Å². The second-order valence-corrected chi connectivity index (χ2v) is 4.48. The Labute approximate surface area is 120 Å². The van der Waals surface area contributed by atoms with Gasteiger partial charge >= 0.3 is 0 Å². The summed E-state index contributed by atoms with van der Waals surface area (Å²) in [4.78, 5) is 23.1. The number of hydrogen-bond acceptors (Lipinski definition) is 2. The van der Waals surface area contributed by atoms with Crippen molar-refractivity contribution in [3.05, 3.63) is 64.7 Å². The molecule has 2 rings (SSSR count). The number of hydrogen-bond donors (Lipinski definition) is 1. The Kier molecular flexibility index (Phi) is 4.20. The van der Waals surface area contributed by atoms with E-state index in [1.54, 1.807) is 36.4 Å². The van der Waals surface area contributed by atoms with Crippen molar-refractivity contribution in [2.24, 2.45) is 0 Å². The van der Waals surface area contributed by atoms with Crippen LogP contribution >= 0.6 is 23.2 Å². The van der Waals surface area contributed by atoms with Crippen LogP contribution in [0.5, 0.6) is 0 Å². The fourth-order valence-corrected chi connectivity index (χ4v) is 2.03. The van der Waals surface area contributed by atoms with Gasteiger partial charge in [0.1, 0.15) is 0 Å². The number of halogens is 2.